The minimum Gasteiger partial charge on any atom is -0.356 e. The first-order valence-electron chi connectivity index (χ1n) is 6.55. The Bertz CT molecular complexity index is 389. The molecule has 0 saturated carbocycles. The van der Waals surface area contributed by atoms with Gasteiger partial charge in [0.05, 0.1) is 24.5 Å². The van der Waals surface area contributed by atoms with E-state index in [0.29, 0.717) is 13.0 Å². The first kappa shape index (κ1) is 15.4. The lowest BCUT2D eigenvalue weighted by molar-refractivity contribution is -0.121. The number of hydrogen-bond acceptors (Lipinski definition) is 4. The second kappa shape index (κ2) is 8.42. The topological polar surface area (TPSA) is 86.9 Å². The van der Waals surface area contributed by atoms with Crippen molar-refractivity contribution in [3.8, 4) is 0 Å². The summed E-state index contributed by atoms with van der Waals surface area (Å²) in [4.78, 5) is 29.5. The van der Waals surface area contributed by atoms with Crippen LogP contribution in [0.1, 0.15) is 31.9 Å². The number of H-pyrrole nitrogens is 1. The molecule has 106 valence electrons. The number of ketones is 1. The van der Waals surface area contributed by atoms with Crippen LogP contribution in [-0.4, -0.2) is 41.3 Å². The van der Waals surface area contributed by atoms with Crippen LogP contribution in [0.2, 0.25) is 0 Å². The smallest absolute Gasteiger partial charge is 0.226 e. The number of hydrogen-bond donors (Lipinski definition) is 3. The lowest BCUT2D eigenvalue weighted by Gasteiger charge is -2.12. The van der Waals surface area contributed by atoms with Gasteiger partial charge in [0, 0.05) is 12.7 Å². The molecule has 0 aromatic carbocycles. The normalized spacial score (nSPS) is 12.1. The zero-order chi connectivity index (χ0) is 14.1. The molecule has 1 unspecified atom stereocenters. The number of aromatic nitrogens is 2. The van der Waals surface area contributed by atoms with Gasteiger partial charge in [-0.25, -0.2) is 4.98 Å². The number of carbonyl (C=O) groups is 2. The average Bonchev–Trinajstić information content (AvgIpc) is 2.86. The maximum absolute atomic E-state index is 11.5. The van der Waals surface area contributed by atoms with E-state index < -0.39 is 0 Å². The third-order valence-corrected chi connectivity index (χ3v) is 2.98. The van der Waals surface area contributed by atoms with Crippen LogP contribution in [0, 0.1) is 0 Å². The highest BCUT2D eigenvalue weighted by Crippen LogP contribution is 2.01. The summed E-state index contributed by atoms with van der Waals surface area (Å²) in [6, 6.07) is -0.0697. The molecule has 0 bridgehead atoms. The van der Waals surface area contributed by atoms with Crippen LogP contribution in [0.15, 0.2) is 12.5 Å². The summed E-state index contributed by atoms with van der Waals surface area (Å²) < 4.78 is 0. The third kappa shape index (κ3) is 6.15. The number of likely N-dealkylation sites (N-methyl/N-ethyl adjacent to an activating group) is 1. The van der Waals surface area contributed by atoms with Crippen molar-refractivity contribution in [2.75, 3.05) is 13.6 Å². The van der Waals surface area contributed by atoms with Crippen LogP contribution in [-0.2, 0) is 16.0 Å². The van der Waals surface area contributed by atoms with Crippen molar-refractivity contribution < 1.29 is 9.59 Å². The molecule has 1 atom stereocenters. The van der Waals surface area contributed by atoms with Crippen LogP contribution in [0.25, 0.3) is 0 Å². The highest BCUT2D eigenvalue weighted by atomic mass is 16.1. The fourth-order valence-corrected chi connectivity index (χ4v) is 1.87. The first-order valence-corrected chi connectivity index (χ1v) is 6.55. The van der Waals surface area contributed by atoms with Gasteiger partial charge in [-0.05, 0) is 33.2 Å². The van der Waals surface area contributed by atoms with Gasteiger partial charge in [-0.3, -0.25) is 9.59 Å². The summed E-state index contributed by atoms with van der Waals surface area (Å²) in [5.74, 6) is 0.133. The third-order valence-electron chi connectivity index (χ3n) is 2.98. The van der Waals surface area contributed by atoms with Crippen molar-refractivity contribution in [3.05, 3.63) is 18.2 Å². The minimum absolute atomic E-state index is 0.0242. The van der Waals surface area contributed by atoms with Crippen molar-refractivity contribution in [1.29, 1.82) is 0 Å². The van der Waals surface area contributed by atoms with E-state index in [-0.39, 0.29) is 17.7 Å². The molecule has 0 radical (unpaired) electrons. The number of amides is 1. The van der Waals surface area contributed by atoms with Crippen molar-refractivity contribution in [3.63, 3.8) is 0 Å². The van der Waals surface area contributed by atoms with Crippen LogP contribution in [0.5, 0.6) is 0 Å². The van der Waals surface area contributed by atoms with E-state index in [9.17, 15) is 9.59 Å². The molecular formula is C13H22N4O2. The Morgan fingerprint density at radius 1 is 1.42 bits per heavy atom. The largest absolute Gasteiger partial charge is 0.356 e. The molecule has 1 rings (SSSR count). The van der Waals surface area contributed by atoms with Crippen molar-refractivity contribution >= 4 is 11.7 Å². The molecule has 0 aliphatic rings. The zero-order valence-electron chi connectivity index (χ0n) is 11.5. The van der Waals surface area contributed by atoms with E-state index >= 15 is 0 Å². The Morgan fingerprint density at radius 3 is 2.79 bits per heavy atom. The van der Waals surface area contributed by atoms with Crippen molar-refractivity contribution in [1.82, 2.24) is 20.6 Å². The Hall–Kier alpha value is -1.69. The van der Waals surface area contributed by atoms with Gasteiger partial charge in [-0.15, -0.1) is 0 Å². The standard InChI is InChI=1S/C13H22N4O2/c1-10(18)12(14-2)5-3-4-6-16-13(19)7-11-8-15-9-17-11/h8-9,12,14H,3-7H2,1-2H3,(H,15,17)(H,16,19). The molecule has 19 heavy (non-hydrogen) atoms. The fraction of sp³-hybridized carbons (Fsp3) is 0.615. The molecule has 3 N–H and O–H groups in total. The van der Waals surface area contributed by atoms with Crippen LogP contribution < -0.4 is 10.6 Å². The van der Waals surface area contributed by atoms with Gasteiger partial charge in [0.1, 0.15) is 5.78 Å². The number of nitrogens with zero attached hydrogens (tertiary/aromatic N) is 1. The molecule has 0 saturated heterocycles. The molecule has 1 aromatic heterocycles. The van der Waals surface area contributed by atoms with Gasteiger partial charge in [0.2, 0.25) is 5.91 Å². The molecule has 1 heterocycles. The van der Waals surface area contributed by atoms with Gasteiger partial charge in [0.15, 0.2) is 0 Å². The molecular weight excluding hydrogens is 244 g/mol. The van der Waals surface area contributed by atoms with Gasteiger partial charge in [0.25, 0.3) is 0 Å². The molecule has 0 aliphatic carbocycles. The molecule has 6 nitrogen and oxygen atoms in total. The van der Waals surface area contributed by atoms with E-state index in [2.05, 4.69) is 20.6 Å². The predicted octanol–water partition coefficient (Wildman–Crippen LogP) is 0.416. The van der Waals surface area contributed by atoms with Crippen molar-refractivity contribution in [2.45, 2.75) is 38.6 Å². The molecule has 6 heteroatoms. The molecule has 0 aliphatic heterocycles. The van der Waals surface area contributed by atoms with Crippen LogP contribution >= 0.6 is 0 Å². The van der Waals surface area contributed by atoms with E-state index in [1.54, 1.807) is 26.5 Å². The maximum Gasteiger partial charge on any atom is 0.226 e. The van der Waals surface area contributed by atoms with E-state index in [4.69, 9.17) is 0 Å². The minimum atomic E-state index is -0.0697. The lowest BCUT2D eigenvalue weighted by atomic mass is 10.1. The molecule has 0 fully saturated rings. The number of nitrogens with one attached hydrogen (secondary N) is 3. The van der Waals surface area contributed by atoms with E-state index in [0.717, 1.165) is 25.0 Å². The van der Waals surface area contributed by atoms with E-state index in [1.165, 1.54) is 0 Å². The second-order valence-electron chi connectivity index (χ2n) is 4.53. The van der Waals surface area contributed by atoms with Gasteiger partial charge in [-0.2, -0.15) is 0 Å². The number of imidazole rings is 1. The fourth-order valence-electron chi connectivity index (χ4n) is 1.87. The number of rotatable bonds is 9. The summed E-state index contributed by atoms with van der Waals surface area (Å²) >= 11 is 0. The monoisotopic (exact) mass is 266 g/mol. The SMILES string of the molecule is CNC(CCCCNC(=O)Cc1c[nH]cn1)C(C)=O. The quantitative estimate of drug-likeness (QED) is 0.565. The number of Topliss-reactive ketones (excluding diaryl/α,β-unsaturated/α-hetero) is 1. The number of unbranched alkanes of at least 4 members (excludes halogenated alkanes) is 1. The summed E-state index contributed by atoms with van der Waals surface area (Å²) in [7, 11) is 1.79. The second-order valence-corrected chi connectivity index (χ2v) is 4.53. The van der Waals surface area contributed by atoms with Gasteiger partial charge >= 0.3 is 0 Å². The number of carbonyl (C=O) groups excluding carboxylic acids is 2. The zero-order valence-corrected chi connectivity index (χ0v) is 11.5. The number of aromatic amines is 1. The Labute approximate surface area is 113 Å². The Kier molecular flexibility index (Phi) is 6.81. The molecule has 1 amide bonds. The lowest BCUT2D eigenvalue weighted by Crippen LogP contribution is -2.32. The van der Waals surface area contributed by atoms with Crippen LogP contribution in [0.3, 0.4) is 0 Å². The Morgan fingerprint density at radius 2 is 2.21 bits per heavy atom. The average molecular weight is 266 g/mol. The maximum atomic E-state index is 11.5. The predicted molar refractivity (Wildman–Crippen MR) is 72.7 cm³/mol. The summed E-state index contributed by atoms with van der Waals surface area (Å²) in [6.07, 6.45) is 6.16. The highest BCUT2D eigenvalue weighted by Gasteiger charge is 2.10. The summed E-state index contributed by atoms with van der Waals surface area (Å²) in [5, 5.41) is 5.83. The van der Waals surface area contributed by atoms with Crippen LogP contribution in [0.4, 0.5) is 0 Å². The first-order chi connectivity index (χ1) is 9.13. The molecule has 0 spiro atoms. The van der Waals surface area contributed by atoms with Gasteiger partial charge in [-0.1, -0.05) is 0 Å². The van der Waals surface area contributed by atoms with Gasteiger partial charge < -0.3 is 15.6 Å². The summed E-state index contributed by atoms with van der Waals surface area (Å²) in [5.41, 5.74) is 0.740. The Balaban J connectivity index is 2.07. The highest BCUT2D eigenvalue weighted by molar-refractivity contribution is 5.81. The van der Waals surface area contributed by atoms with Crippen molar-refractivity contribution in [2.24, 2.45) is 0 Å². The summed E-state index contributed by atoms with van der Waals surface area (Å²) in [6.45, 7) is 2.23. The molecule has 1 aromatic rings. The van der Waals surface area contributed by atoms with E-state index in [1.807, 2.05) is 0 Å².